The van der Waals surface area contributed by atoms with E-state index in [0.29, 0.717) is 11.2 Å². The summed E-state index contributed by atoms with van der Waals surface area (Å²) in [4.78, 5) is 19.9. The van der Waals surface area contributed by atoms with Crippen molar-refractivity contribution in [2.24, 2.45) is 0 Å². The third-order valence-electron chi connectivity index (χ3n) is 1.59. The smallest absolute Gasteiger partial charge is 0.274 e. The Labute approximate surface area is 77.9 Å². The first-order valence-electron chi connectivity index (χ1n) is 3.69. The summed E-state index contributed by atoms with van der Waals surface area (Å²) in [6.45, 7) is 0. The van der Waals surface area contributed by atoms with Gasteiger partial charge in [0, 0.05) is 18.8 Å². The number of pyridine rings is 1. The first-order chi connectivity index (χ1) is 6.15. The predicted octanol–water partition coefficient (Wildman–Crippen LogP) is -0.491. The summed E-state index contributed by atoms with van der Waals surface area (Å²) in [5.74, 6) is -0.253. The van der Waals surface area contributed by atoms with E-state index >= 15 is 0 Å². The Morgan fingerprint density at radius 2 is 2.38 bits per heavy atom. The Bertz CT molecular complexity index is 317. The molecule has 0 aliphatic rings. The van der Waals surface area contributed by atoms with E-state index < -0.39 is 0 Å². The maximum Gasteiger partial charge on any atom is 0.277 e. The topological polar surface area (TPSA) is 42.4 Å². The molecule has 1 heterocycles. The van der Waals surface area contributed by atoms with Crippen molar-refractivity contribution >= 4 is 19.3 Å². The van der Waals surface area contributed by atoms with E-state index in [2.05, 4.69) is 4.98 Å². The van der Waals surface area contributed by atoms with Gasteiger partial charge >= 0.3 is 0 Å². The number of rotatable bonds is 2. The number of hydroxylamine groups is 2. The molecular formula is C8H9BN2O2. The lowest BCUT2D eigenvalue weighted by atomic mass is 10.0. The summed E-state index contributed by atoms with van der Waals surface area (Å²) in [6.07, 6.45) is 1.48. The molecule has 0 fully saturated rings. The summed E-state index contributed by atoms with van der Waals surface area (Å²) >= 11 is 0. The summed E-state index contributed by atoms with van der Waals surface area (Å²) < 4.78 is 0. The normalized spacial score (nSPS) is 9.69. The summed E-state index contributed by atoms with van der Waals surface area (Å²) in [6, 6.07) is 3.08. The predicted molar refractivity (Wildman–Crippen MR) is 48.7 cm³/mol. The fourth-order valence-electron chi connectivity index (χ4n) is 0.846. The lowest BCUT2D eigenvalue weighted by Gasteiger charge is -2.13. The van der Waals surface area contributed by atoms with E-state index in [9.17, 15) is 4.79 Å². The summed E-state index contributed by atoms with van der Waals surface area (Å²) in [7, 11) is 8.36. The van der Waals surface area contributed by atoms with Crippen LogP contribution in [-0.2, 0) is 4.84 Å². The highest BCUT2D eigenvalue weighted by Gasteiger charge is 2.10. The molecule has 0 atom stereocenters. The molecule has 0 saturated carbocycles. The molecule has 2 radical (unpaired) electrons. The molecule has 0 saturated heterocycles. The molecule has 0 aliphatic heterocycles. The van der Waals surface area contributed by atoms with Crippen molar-refractivity contribution in [3.05, 3.63) is 23.9 Å². The van der Waals surface area contributed by atoms with Gasteiger partial charge in [0.15, 0.2) is 0 Å². The largest absolute Gasteiger partial charge is 0.277 e. The van der Waals surface area contributed by atoms with Gasteiger partial charge in [-0.05, 0) is 17.7 Å². The summed E-state index contributed by atoms with van der Waals surface area (Å²) in [5, 5.41) is 1.12. The molecule has 5 heteroatoms. The van der Waals surface area contributed by atoms with Gasteiger partial charge in [-0.2, -0.15) is 0 Å². The van der Waals surface area contributed by atoms with Gasteiger partial charge in [-0.15, -0.1) is 0 Å². The second-order valence-corrected chi connectivity index (χ2v) is 2.45. The highest BCUT2D eigenvalue weighted by atomic mass is 16.7. The van der Waals surface area contributed by atoms with E-state index in [0.717, 1.165) is 5.06 Å². The molecule has 0 bridgehead atoms. The van der Waals surface area contributed by atoms with Crippen molar-refractivity contribution in [3.8, 4) is 0 Å². The summed E-state index contributed by atoms with van der Waals surface area (Å²) in [5.41, 5.74) is 0.771. The SMILES string of the molecule is [B]c1cc(C(=O)N(C)OC)ccn1. The molecule has 1 aromatic heterocycles. The second kappa shape index (κ2) is 4.05. The van der Waals surface area contributed by atoms with Gasteiger partial charge < -0.3 is 0 Å². The van der Waals surface area contributed by atoms with Crippen LogP contribution in [0.25, 0.3) is 0 Å². The van der Waals surface area contributed by atoms with Gasteiger partial charge in [0.25, 0.3) is 5.91 Å². The van der Waals surface area contributed by atoms with E-state index in [1.165, 1.54) is 26.4 Å². The zero-order chi connectivity index (χ0) is 9.84. The molecule has 1 aromatic rings. The number of hydrogen-bond donors (Lipinski definition) is 0. The molecule has 0 aromatic carbocycles. The number of aromatic nitrogens is 1. The van der Waals surface area contributed by atoms with E-state index in [1.54, 1.807) is 6.07 Å². The molecule has 0 spiro atoms. The van der Waals surface area contributed by atoms with Crippen LogP contribution in [0, 0.1) is 0 Å². The Morgan fingerprint density at radius 1 is 1.69 bits per heavy atom. The van der Waals surface area contributed by atoms with Crippen LogP contribution in [0.3, 0.4) is 0 Å². The lowest BCUT2D eigenvalue weighted by Crippen LogP contribution is -2.26. The van der Waals surface area contributed by atoms with Gasteiger partial charge in [-0.3, -0.25) is 14.6 Å². The molecule has 0 aliphatic carbocycles. The molecule has 13 heavy (non-hydrogen) atoms. The first kappa shape index (κ1) is 9.73. The van der Waals surface area contributed by atoms with Crippen LogP contribution in [-0.4, -0.2) is 38.0 Å². The molecule has 66 valence electrons. The molecule has 1 rings (SSSR count). The number of hydrogen-bond acceptors (Lipinski definition) is 3. The van der Waals surface area contributed by atoms with Crippen LogP contribution in [0.15, 0.2) is 18.3 Å². The van der Waals surface area contributed by atoms with Crippen LogP contribution >= 0.6 is 0 Å². The van der Waals surface area contributed by atoms with Crippen molar-refractivity contribution in [2.45, 2.75) is 0 Å². The Hall–Kier alpha value is -1.36. The number of carbonyl (C=O) groups is 1. The zero-order valence-electron chi connectivity index (χ0n) is 7.52. The van der Waals surface area contributed by atoms with Crippen molar-refractivity contribution in [1.29, 1.82) is 0 Å². The minimum atomic E-state index is -0.253. The maximum absolute atomic E-state index is 11.4. The van der Waals surface area contributed by atoms with Crippen LogP contribution in [0.4, 0.5) is 0 Å². The van der Waals surface area contributed by atoms with Gasteiger partial charge in [0.05, 0.1) is 7.11 Å². The minimum absolute atomic E-state index is 0.253. The van der Waals surface area contributed by atoms with Crippen molar-refractivity contribution in [1.82, 2.24) is 10.0 Å². The first-order valence-corrected chi connectivity index (χ1v) is 3.69. The minimum Gasteiger partial charge on any atom is -0.274 e. The highest BCUT2D eigenvalue weighted by molar-refractivity contribution is 6.31. The van der Waals surface area contributed by atoms with Gasteiger partial charge in [0.1, 0.15) is 7.85 Å². The third-order valence-corrected chi connectivity index (χ3v) is 1.59. The molecule has 1 amide bonds. The van der Waals surface area contributed by atoms with Crippen molar-refractivity contribution in [3.63, 3.8) is 0 Å². The molecule has 0 N–H and O–H groups in total. The quantitative estimate of drug-likeness (QED) is 0.451. The number of carbonyl (C=O) groups excluding carboxylic acids is 1. The standard InChI is InChI=1S/C8H9BN2O2/c1-11(13-2)8(12)6-3-4-10-7(9)5-6/h3-5H,1-2H3. The van der Waals surface area contributed by atoms with E-state index in [1.807, 2.05) is 0 Å². The van der Waals surface area contributed by atoms with Crippen molar-refractivity contribution < 1.29 is 9.63 Å². The monoisotopic (exact) mass is 176 g/mol. The number of nitrogens with zero attached hydrogens (tertiary/aromatic N) is 2. The second-order valence-electron chi connectivity index (χ2n) is 2.45. The Kier molecular flexibility index (Phi) is 3.03. The van der Waals surface area contributed by atoms with Crippen LogP contribution in [0.5, 0.6) is 0 Å². The fraction of sp³-hybridized carbons (Fsp3) is 0.250. The average Bonchev–Trinajstić information content (AvgIpc) is 2.15. The van der Waals surface area contributed by atoms with E-state index in [-0.39, 0.29) is 5.91 Å². The van der Waals surface area contributed by atoms with Gasteiger partial charge in [-0.25, -0.2) is 5.06 Å². The Morgan fingerprint density at radius 3 is 2.92 bits per heavy atom. The van der Waals surface area contributed by atoms with Gasteiger partial charge in [-0.1, -0.05) is 0 Å². The molecular weight excluding hydrogens is 167 g/mol. The van der Waals surface area contributed by atoms with Crippen molar-refractivity contribution in [2.75, 3.05) is 14.2 Å². The number of amides is 1. The zero-order valence-corrected chi connectivity index (χ0v) is 7.52. The van der Waals surface area contributed by atoms with Crippen LogP contribution < -0.4 is 5.59 Å². The maximum atomic E-state index is 11.4. The fourth-order valence-corrected chi connectivity index (χ4v) is 0.846. The average molecular weight is 176 g/mol. The Balaban J connectivity index is 2.89. The lowest BCUT2D eigenvalue weighted by molar-refractivity contribution is -0.0756. The molecule has 0 unspecified atom stereocenters. The van der Waals surface area contributed by atoms with E-state index in [4.69, 9.17) is 12.7 Å². The van der Waals surface area contributed by atoms with Crippen LogP contribution in [0.2, 0.25) is 0 Å². The van der Waals surface area contributed by atoms with Gasteiger partial charge in [0.2, 0.25) is 0 Å². The van der Waals surface area contributed by atoms with Crippen LogP contribution in [0.1, 0.15) is 10.4 Å². The third kappa shape index (κ3) is 2.29. The highest BCUT2D eigenvalue weighted by Crippen LogP contribution is 1.99. The molecule has 4 nitrogen and oxygen atoms in total.